The molecule has 0 aromatic carbocycles. The second kappa shape index (κ2) is 5.88. The highest BCUT2D eigenvalue weighted by Gasteiger charge is 2.17. The Morgan fingerprint density at radius 1 is 1.32 bits per heavy atom. The van der Waals surface area contributed by atoms with Crippen molar-refractivity contribution in [3.8, 4) is 0 Å². The quantitative estimate of drug-likeness (QED) is 0.668. The number of carbonyl (C=O) groups excluding carboxylic acids is 2. The van der Waals surface area contributed by atoms with Gasteiger partial charge in [0.05, 0.1) is 12.7 Å². The number of methoxy groups -OCH3 is 1. The van der Waals surface area contributed by atoms with E-state index in [1.54, 1.807) is 20.8 Å². The molecule has 0 saturated carbocycles. The van der Waals surface area contributed by atoms with Crippen LogP contribution in [0.15, 0.2) is 12.1 Å². The first kappa shape index (κ1) is 15.2. The van der Waals surface area contributed by atoms with E-state index in [4.69, 9.17) is 16.3 Å². The van der Waals surface area contributed by atoms with Crippen LogP contribution < -0.4 is 5.32 Å². The molecule has 0 atom stereocenters. The van der Waals surface area contributed by atoms with Gasteiger partial charge in [0.15, 0.2) is 0 Å². The Hall–Kier alpha value is -1.82. The minimum absolute atomic E-state index is 0.0639. The number of amides is 1. The van der Waals surface area contributed by atoms with Crippen LogP contribution in [0.25, 0.3) is 0 Å². The van der Waals surface area contributed by atoms with E-state index in [9.17, 15) is 9.59 Å². The molecule has 1 N–H and O–H groups in total. The fourth-order valence-corrected chi connectivity index (χ4v) is 1.41. The standard InChI is InChI=1S/C12H15ClN2O4/c1-12(2,3)19-11(17)15-9-6-7(10(16)18-4)5-8(13)14-9/h5-6H,1-4H3,(H,14,15,17). The van der Waals surface area contributed by atoms with Gasteiger partial charge in [-0.1, -0.05) is 11.6 Å². The minimum atomic E-state index is -0.682. The summed E-state index contributed by atoms with van der Waals surface area (Å²) >= 11 is 5.76. The Labute approximate surface area is 116 Å². The molecule has 1 aromatic heterocycles. The second-order valence-electron chi connectivity index (χ2n) is 4.68. The van der Waals surface area contributed by atoms with Crippen molar-refractivity contribution in [3.05, 3.63) is 22.8 Å². The molecule has 0 spiro atoms. The van der Waals surface area contributed by atoms with Crippen molar-refractivity contribution in [3.63, 3.8) is 0 Å². The highest BCUT2D eigenvalue weighted by molar-refractivity contribution is 6.29. The molecule has 0 aliphatic heterocycles. The lowest BCUT2D eigenvalue weighted by Crippen LogP contribution is -2.27. The molecule has 1 amide bonds. The number of aromatic nitrogens is 1. The summed E-state index contributed by atoms with van der Waals surface area (Å²) in [6.45, 7) is 5.20. The number of pyridine rings is 1. The molecule has 1 aromatic rings. The van der Waals surface area contributed by atoms with Crippen molar-refractivity contribution < 1.29 is 19.1 Å². The van der Waals surface area contributed by atoms with Gasteiger partial charge in [0.2, 0.25) is 0 Å². The summed E-state index contributed by atoms with van der Waals surface area (Å²) in [5.74, 6) is -0.460. The van der Waals surface area contributed by atoms with Gasteiger partial charge in [-0.05, 0) is 32.9 Å². The monoisotopic (exact) mass is 286 g/mol. The van der Waals surface area contributed by atoms with Crippen molar-refractivity contribution in [2.45, 2.75) is 26.4 Å². The van der Waals surface area contributed by atoms with Crippen LogP contribution in [0.5, 0.6) is 0 Å². The molecule has 0 fully saturated rings. The van der Waals surface area contributed by atoms with E-state index in [0.717, 1.165) is 0 Å². The zero-order valence-corrected chi connectivity index (χ0v) is 11.9. The van der Waals surface area contributed by atoms with Gasteiger partial charge in [-0.2, -0.15) is 0 Å². The topological polar surface area (TPSA) is 77.5 Å². The molecule has 0 aliphatic rings. The van der Waals surface area contributed by atoms with Gasteiger partial charge in [0, 0.05) is 0 Å². The van der Waals surface area contributed by atoms with E-state index < -0.39 is 17.7 Å². The van der Waals surface area contributed by atoms with Gasteiger partial charge >= 0.3 is 12.1 Å². The molecule has 104 valence electrons. The number of halogens is 1. The maximum absolute atomic E-state index is 11.6. The Bertz CT molecular complexity index is 497. The highest BCUT2D eigenvalue weighted by atomic mass is 35.5. The lowest BCUT2D eigenvalue weighted by molar-refractivity contribution is 0.0596. The normalized spacial score (nSPS) is 10.8. The molecule has 7 heteroatoms. The molecule has 1 heterocycles. The molecule has 0 saturated heterocycles. The fourth-order valence-electron chi connectivity index (χ4n) is 1.20. The number of rotatable bonds is 2. The van der Waals surface area contributed by atoms with Gasteiger partial charge < -0.3 is 9.47 Å². The summed E-state index contributed by atoms with van der Waals surface area (Å²) in [5, 5.41) is 2.46. The van der Waals surface area contributed by atoms with Gasteiger partial charge in [-0.3, -0.25) is 5.32 Å². The van der Waals surface area contributed by atoms with E-state index in [-0.39, 0.29) is 16.5 Å². The number of carbonyl (C=O) groups is 2. The number of nitrogens with one attached hydrogen (secondary N) is 1. The van der Waals surface area contributed by atoms with Crippen molar-refractivity contribution in [2.24, 2.45) is 0 Å². The van der Waals surface area contributed by atoms with Gasteiger partial charge in [-0.25, -0.2) is 14.6 Å². The average molecular weight is 287 g/mol. The molecular formula is C12H15ClN2O4. The second-order valence-corrected chi connectivity index (χ2v) is 5.07. The van der Waals surface area contributed by atoms with Crippen LogP contribution >= 0.6 is 11.6 Å². The van der Waals surface area contributed by atoms with Crippen LogP contribution in [0.2, 0.25) is 5.15 Å². The third kappa shape index (κ3) is 5.13. The minimum Gasteiger partial charge on any atom is -0.465 e. The van der Waals surface area contributed by atoms with E-state index in [0.29, 0.717) is 0 Å². The molecule has 0 unspecified atom stereocenters. The molecular weight excluding hydrogens is 272 g/mol. The average Bonchev–Trinajstić information content (AvgIpc) is 2.24. The summed E-state index contributed by atoms with van der Waals surface area (Å²) < 4.78 is 9.62. The molecule has 19 heavy (non-hydrogen) atoms. The van der Waals surface area contributed by atoms with Gasteiger partial charge in [-0.15, -0.1) is 0 Å². The summed E-state index contributed by atoms with van der Waals surface area (Å²) in [6, 6.07) is 2.69. The first-order valence-electron chi connectivity index (χ1n) is 5.47. The van der Waals surface area contributed by atoms with Gasteiger partial charge in [0.25, 0.3) is 0 Å². The van der Waals surface area contributed by atoms with Crippen molar-refractivity contribution >= 4 is 29.5 Å². The van der Waals surface area contributed by atoms with Crippen molar-refractivity contribution in [1.29, 1.82) is 0 Å². The fraction of sp³-hybridized carbons (Fsp3) is 0.417. The molecule has 0 radical (unpaired) electrons. The molecule has 0 aliphatic carbocycles. The van der Waals surface area contributed by atoms with E-state index in [1.807, 2.05) is 0 Å². The highest BCUT2D eigenvalue weighted by Crippen LogP contribution is 2.16. The van der Waals surface area contributed by atoms with Crippen molar-refractivity contribution in [1.82, 2.24) is 4.98 Å². The Kier molecular flexibility index (Phi) is 4.72. The number of anilines is 1. The summed E-state index contributed by atoms with van der Waals surface area (Å²) in [4.78, 5) is 26.8. The smallest absolute Gasteiger partial charge is 0.413 e. The predicted molar refractivity (Wildman–Crippen MR) is 70.4 cm³/mol. The van der Waals surface area contributed by atoms with Gasteiger partial charge in [0.1, 0.15) is 16.6 Å². The maximum Gasteiger partial charge on any atom is 0.413 e. The lowest BCUT2D eigenvalue weighted by Gasteiger charge is -2.19. The number of esters is 1. The van der Waals surface area contributed by atoms with E-state index >= 15 is 0 Å². The summed E-state index contributed by atoms with van der Waals surface area (Å²) in [7, 11) is 1.25. The Balaban J connectivity index is 2.87. The third-order valence-electron chi connectivity index (χ3n) is 1.84. The zero-order valence-electron chi connectivity index (χ0n) is 11.1. The van der Waals surface area contributed by atoms with Crippen LogP contribution in [0.1, 0.15) is 31.1 Å². The van der Waals surface area contributed by atoms with Crippen molar-refractivity contribution in [2.75, 3.05) is 12.4 Å². The largest absolute Gasteiger partial charge is 0.465 e. The summed E-state index contributed by atoms with van der Waals surface area (Å²) in [5.41, 5.74) is -0.443. The van der Waals surface area contributed by atoms with Crippen LogP contribution in [-0.2, 0) is 9.47 Å². The zero-order chi connectivity index (χ0) is 14.6. The molecule has 6 nitrogen and oxygen atoms in total. The number of hydrogen-bond acceptors (Lipinski definition) is 5. The van der Waals surface area contributed by atoms with E-state index in [2.05, 4.69) is 15.0 Å². The number of ether oxygens (including phenoxy) is 2. The number of nitrogens with zero attached hydrogens (tertiary/aromatic N) is 1. The molecule has 0 bridgehead atoms. The van der Waals surface area contributed by atoms with Crippen LogP contribution in [-0.4, -0.2) is 29.8 Å². The first-order chi connectivity index (χ1) is 8.71. The first-order valence-corrected chi connectivity index (χ1v) is 5.85. The third-order valence-corrected chi connectivity index (χ3v) is 2.04. The SMILES string of the molecule is COC(=O)c1cc(Cl)nc(NC(=O)OC(C)(C)C)c1. The Morgan fingerprint density at radius 2 is 1.95 bits per heavy atom. The van der Waals surface area contributed by atoms with Crippen LogP contribution in [0.3, 0.4) is 0 Å². The predicted octanol–water partition coefficient (Wildman–Crippen LogP) is 2.87. The Morgan fingerprint density at radius 3 is 2.47 bits per heavy atom. The van der Waals surface area contributed by atoms with Crippen LogP contribution in [0, 0.1) is 0 Å². The summed E-state index contributed by atoms with van der Waals surface area (Å²) in [6.07, 6.45) is -0.682. The molecule has 1 rings (SSSR count). The number of hydrogen-bond donors (Lipinski definition) is 1. The van der Waals surface area contributed by atoms with Crippen LogP contribution in [0.4, 0.5) is 10.6 Å². The van der Waals surface area contributed by atoms with E-state index in [1.165, 1.54) is 19.2 Å². The maximum atomic E-state index is 11.6. The lowest BCUT2D eigenvalue weighted by atomic mass is 10.2.